The topological polar surface area (TPSA) is 35.2 Å². The van der Waals surface area contributed by atoms with E-state index in [-0.39, 0.29) is 10.8 Å². The zero-order valence-corrected chi connectivity index (χ0v) is 11.4. The van der Waals surface area contributed by atoms with Gasteiger partial charge < -0.3 is 10.5 Å². The van der Waals surface area contributed by atoms with Crippen LogP contribution in [-0.2, 0) is 6.42 Å². The van der Waals surface area contributed by atoms with Gasteiger partial charge in [-0.25, -0.2) is 4.39 Å². The zero-order chi connectivity index (χ0) is 13.8. The Bertz CT molecular complexity index is 586. The molecule has 0 heterocycles. The molecule has 0 atom stereocenters. The van der Waals surface area contributed by atoms with Crippen molar-refractivity contribution in [3.05, 3.63) is 58.4 Å². The first-order valence-corrected chi connectivity index (χ1v) is 6.40. The average Bonchev–Trinajstić information content (AvgIpc) is 2.37. The maximum absolute atomic E-state index is 13.0. The number of hydrogen-bond acceptors (Lipinski definition) is 2. The first-order valence-electron chi connectivity index (χ1n) is 6.02. The zero-order valence-electron chi connectivity index (χ0n) is 10.6. The molecule has 0 amide bonds. The van der Waals surface area contributed by atoms with E-state index >= 15 is 0 Å². The molecule has 2 rings (SSSR count). The number of rotatable bonds is 4. The number of benzene rings is 2. The fourth-order valence-corrected chi connectivity index (χ4v) is 1.96. The van der Waals surface area contributed by atoms with Gasteiger partial charge in [-0.05, 0) is 55.3 Å². The lowest BCUT2D eigenvalue weighted by molar-refractivity contribution is 0.476. The Morgan fingerprint density at radius 3 is 2.63 bits per heavy atom. The summed E-state index contributed by atoms with van der Waals surface area (Å²) in [7, 11) is 0. The molecule has 0 saturated carbocycles. The van der Waals surface area contributed by atoms with E-state index < -0.39 is 0 Å². The third-order valence-corrected chi connectivity index (χ3v) is 3.09. The largest absolute Gasteiger partial charge is 0.456 e. The second-order valence-corrected chi connectivity index (χ2v) is 4.72. The number of halogens is 2. The molecule has 0 aliphatic heterocycles. The highest BCUT2D eigenvalue weighted by atomic mass is 35.5. The van der Waals surface area contributed by atoms with E-state index in [2.05, 4.69) is 0 Å². The molecule has 100 valence electrons. The van der Waals surface area contributed by atoms with Crippen LogP contribution in [0.4, 0.5) is 4.39 Å². The SMILES string of the molecule is Cc1ccc(CCN)cc1Oc1ccc(F)cc1Cl. The number of aryl methyl sites for hydroxylation is 1. The van der Waals surface area contributed by atoms with E-state index in [4.69, 9.17) is 22.1 Å². The van der Waals surface area contributed by atoms with Gasteiger partial charge in [-0.1, -0.05) is 23.7 Å². The van der Waals surface area contributed by atoms with Crippen LogP contribution in [0.15, 0.2) is 36.4 Å². The molecule has 0 aliphatic rings. The fourth-order valence-electron chi connectivity index (χ4n) is 1.75. The summed E-state index contributed by atoms with van der Waals surface area (Å²) in [4.78, 5) is 0. The molecule has 2 aromatic rings. The van der Waals surface area contributed by atoms with Crippen LogP contribution < -0.4 is 10.5 Å². The molecule has 0 aromatic heterocycles. The Hall–Kier alpha value is -1.58. The quantitative estimate of drug-likeness (QED) is 0.915. The molecule has 2 N–H and O–H groups in total. The van der Waals surface area contributed by atoms with Crippen molar-refractivity contribution in [3.63, 3.8) is 0 Å². The molecule has 2 nitrogen and oxygen atoms in total. The standard InChI is InChI=1S/C15H15ClFNO/c1-10-2-3-11(6-7-18)8-15(10)19-14-5-4-12(17)9-13(14)16/h2-5,8-9H,6-7,18H2,1H3. The Labute approximate surface area is 117 Å². The van der Waals surface area contributed by atoms with E-state index in [1.165, 1.54) is 18.2 Å². The average molecular weight is 280 g/mol. The first kappa shape index (κ1) is 13.8. The van der Waals surface area contributed by atoms with Crippen LogP contribution in [0, 0.1) is 12.7 Å². The van der Waals surface area contributed by atoms with Crippen LogP contribution in [-0.4, -0.2) is 6.54 Å². The molecule has 0 fully saturated rings. The van der Waals surface area contributed by atoms with Crippen molar-refractivity contribution in [2.45, 2.75) is 13.3 Å². The van der Waals surface area contributed by atoms with E-state index in [0.29, 0.717) is 18.0 Å². The van der Waals surface area contributed by atoms with Crippen molar-refractivity contribution in [3.8, 4) is 11.5 Å². The summed E-state index contributed by atoms with van der Waals surface area (Å²) in [6.07, 6.45) is 0.786. The molecule has 0 aliphatic carbocycles. The lowest BCUT2D eigenvalue weighted by atomic mass is 10.1. The van der Waals surface area contributed by atoms with E-state index in [1.807, 2.05) is 25.1 Å². The minimum absolute atomic E-state index is 0.253. The summed E-state index contributed by atoms with van der Waals surface area (Å²) in [6.45, 7) is 2.53. The predicted molar refractivity (Wildman–Crippen MR) is 75.4 cm³/mol. The molecule has 0 radical (unpaired) electrons. The van der Waals surface area contributed by atoms with E-state index in [1.54, 1.807) is 0 Å². The van der Waals surface area contributed by atoms with Gasteiger partial charge in [0, 0.05) is 0 Å². The molecule has 0 spiro atoms. The molecular weight excluding hydrogens is 265 g/mol. The number of nitrogens with two attached hydrogens (primary N) is 1. The fraction of sp³-hybridized carbons (Fsp3) is 0.200. The highest BCUT2D eigenvalue weighted by Gasteiger charge is 2.07. The van der Waals surface area contributed by atoms with Crippen molar-refractivity contribution in [2.24, 2.45) is 5.73 Å². The van der Waals surface area contributed by atoms with E-state index in [0.717, 1.165) is 17.5 Å². The summed E-state index contributed by atoms with van der Waals surface area (Å²) in [5.74, 6) is 0.765. The molecule has 0 saturated heterocycles. The van der Waals surface area contributed by atoms with Crippen LogP contribution in [0.25, 0.3) is 0 Å². The Morgan fingerprint density at radius 2 is 1.95 bits per heavy atom. The third-order valence-electron chi connectivity index (χ3n) is 2.80. The van der Waals surface area contributed by atoms with Gasteiger partial charge in [-0.3, -0.25) is 0 Å². The van der Waals surface area contributed by atoms with Crippen molar-refractivity contribution in [1.82, 2.24) is 0 Å². The van der Waals surface area contributed by atoms with Crippen molar-refractivity contribution >= 4 is 11.6 Å². The lowest BCUT2D eigenvalue weighted by Crippen LogP contribution is -2.03. The van der Waals surface area contributed by atoms with Gasteiger partial charge >= 0.3 is 0 Å². The molecule has 19 heavy (non-hydrogen) atoms. The Balaban J connectivity index is 2.29. The summed E-state index contributed by atoms with van der Waals surface area (Å²) in [5.41, 5.74) is 7.62. The summed E-state index contributed by atoms with van der Waals surface area (Å²) < 4.78 is 18.7. The van der Waals surface area contributed by atoms with Gasteiger partial charge in [0.1, 0.15) is 17.3 Å². The van der Waals surface area contributed by atoms with Crippen LogP contribution >= 0.6 is 11.6 Å². The second kappa shape index (κ2) is 6.04. The van der Waals surface area contributed by atoms with Crippen molar-refractivity contribution in [1.29, 1.82) is 0 Å². The monoisotopic (exact) mass is 279 g/mol. The molecule has 0 bridgehead atoms. The van der Waals surface area contributed by atoms with Crippen molar-refractivity contribution in [2.75, 3.05) is 6.54 Å². The molecular formula is C15H15ClFNO. The normalized spacial score (nSPS) is 10.5. The van der Waals surface area contributed by atoms with Crippen LogP contribution in [0.1, 0.15) is 11.1 Å². The Morgan fingerprint density at radius 1 is 1.16 bits per heavy atom. The minimum Gasteiger partial charge on any atom is -0.456 e. The van der Waals surface area contributed by atoms with E-state index in [9.17, 15) is 4.39 Å². The first-order chi connectivity index (χ1) is 9.10. The Kier molecular flexibility index (Phi) is 4.40. The third kappa shape index (κ3) is 3.46. The highest BCUT2D eigenvalue weighted by molar-refractivity contribution is 6.32. The van der Waals surface area contributed by atoms with Crippen LogP contribution in [0.3, 0.4) is 0 Å². The lowest BCUT2D eigenvalue weighted by Gasteiger charge is -2.11. The maximum atomic E-state index is 13.0. The van der Waals surface area contributed by atoms with Crippen molar-refractivity contribution < 1.29 is 9.13 Å². The van der Waals surface area contributed by atoms with Gasteiger partial charge in [-0.15, -0.1) is 0 Å². The van der Waals surface area contributed by atoms with Gasteiger partial charge in [0.15, 0.2) is 0 Å². The van der Waals surface area contributed by atoms with Crippen LogP contribution in [0.5, 0.6) is 11.5 Å². The molecule has 4 heteroatoms. The van der Waals surface area contributed by atoms with Gasteiger partial charge in [0.2, 0.25) is 0 Å². The number of ether oxygens (including phenoxy) is 1. The van der Waals surface area contributed by atoms with Gasteiger partial charge in [0.25, 0.3) is 0 Å². The predicted octanol–water partition coefficient (Wildman–Crippen LogP) is 4.08. The summed E-state index contributed by atoms with van der Waals surface area (Å²) in [5, 5.41) is 0.253. The smallest absolute Gasteiger partial charge is 0.146 e. The summed E-state index contributed by atoms with van der Waals surface area (Å²) >= 11 is 5.95. The highest BCUT2D eigenvalue weighted by Crippen LogP contribution is 2.32. The molecule has 2 aromatic carbocycles. The van der Waals surface area contributed by atoms with Gasteiger partial charge in [-0.2, -0.15) is 0 Å². The minimum atomic E-state index is -0.383. The van der Waals surface area contributed by atoms with Gasteiger partial charge in [0.05, 0.1) is 5.02 Å². The van der Waals surface area contributed by atoms with Crippen LogP contribution in [0.2, 0.25) is 5.02 Å². The summed E-state index contributed by atoms with van der Waals surface area (Å²) in [6, 6.07) is 9.99. The second-order valence-electron chi connectivity index (χ2n) is 4.32. The molecule has 0 unspecified atom stereocenters. The maximum Gasteiger partial charge on any atom is 0.146 e. The number of hydrogen-bond donors (Lipinski definition) is 1.